The standard InChI is InChI=1S/C10H10N4O3/c1-7(10(15)16)17-9-4-2-3-8(5-9)14-6-11-12-13-14/h2-7H,1H3,(H,15,16)/p-1/t7-/m1/s1. The van der Waals surface area contributed by atoms with Crippen LogP contribution in [0.2, 0.25) is 0 Å². The van der Waals surface area contributed by atoms with E-state index >= 15 is 0 Å². The fourth-order valence-electron chi connectivity index (χ4n) is 1.23. The first-order chi connectivity index (χ1) is 8.16. The van der Waals surface area contributed by atoms with Gasteiger partial charge in [0.25, 0.3) is 0 Å². The number of benzene rings is 1. The van der Waals surface area contributed by atoms with Gasteiger partial charge in [-0.15, -0.1) is 5.10 Å². The Kier molecular flexibility index (Phi) is 2.99. The lowest BCUT2D eigenvalue weighted by atomic mass is 10.3. The number of rotatable bonds is 4. The zero-order chi connectivity index (χ0) is 12.3. The second-order valence-corrected chi connectivity index (χ2v) is 3.33. The first-order valence-corrected chi connectivity index (χ1v) is 4.88. The normalized spacial score (nSPS) is 12.1. The Morgan fingerprint density at radius 1 is 1.53 bits per heavy atom. The molecule has 2 aromatic rings. The highest BCUT2D eigenvalue weighted by Crippen LogP contribution is 2.16. The van der Waals surface area contributed by atoms with Crippen LogP contribution in [-0.2, 0) is 4.79 Å². The topological polar surface area (TPSA) is 93.0 Å². The SMILES string of the molecule is C[C@@H](Oc1cccc(-n2cnnn2)c1)C(=O)[O-]. The lowest BCUT2D eigenvalue weighted by molar-refractivity contribution is -0.312. The van der Waals surface area contributed by atoms with Gasteiger partial charge in [-0.25, -0.2) is 4.68 Å². The van der Waals surface area contributed by atoms with Gasteiger partial charge in [-0.3, -0.25) is 0 Å². The van der Waals surface area contributed by atoms with Crippen LogP contribution in [0.5, 0.6) is 5.75 Å². The molecule has 0 unspecified atom stereocenters. The van der Waals surface area contributed by atoms with E-state index in [1.807, 2.05) is 0 Å². The molecule has 1 heterocycles. The van der Waals surface area contributed by atoms with Crippen molar-refractivity contribution >= 4 is 5.97 Å². The van der Waals surface area contributed by atoms with E-state index in [1.54, 1.807) is 24.3 Å². The maximum Gasteiger partial charge on any atom is 0.143 e. The summed E-state index contributed by atoms with van der Waals surface area (Å²) in [5.41, 5.74) is 0.679. The average molecular weight is 233 g/mol. The molecule has 0 saturated carbocycles. The molecule has 1 aromatic heterocycles. The highest BCUT2D eigenvalue weighted by Gasteiger charge is 2.06. The van der Waals surface area contributed by atoms with Crippen molar-refractivity contribution in [3.63, 3.8) is 0 Å². The van der Waals surface area contributed by atoms with Crippen molar-refractivity contribution in [1.82, 2.24) is 20.2 Å². The first kappa shape index (κ1) is 11.1. The number of carboxylic acid groups (broad SMARTS) is 1. The Balaban J connectivity index is 2.20. The summed E-state index contributed by atoms with van der Waals surface area (Å²) < 4.78 is 6.61. The van der Waals surface area contributed by atoms with E-state index in [2.05, 4.69) is 15.5 Å². The van der Waals surface area contributed by atoms with Crippen LogP contribution in [0.4, 0.5) is 0 Å². The van der Waals surface area contributed by atoms with E-state index in [-0.39, 0.29) is 0 Å². The van der Waals surface area contributed by atoms with Crippen LogP contribution >= 0.6 is 0 Å². The third-order valence-corrected chi connectivity index (χ3v) is 2.08. The van der Waals surface area contributed by atoms with Crippen molar-refractivity contribution in [1.29, 1.82) is 0 Å². The molecule has 0 fully saturated rings. The van der Waals surface area contributed by atoms with Gasteiger partial charge in [0, 0.05) is 6.07 Å². The number of hydrogen-bond acceptors (Lipinski definition) is 6. The van der Waals surface area contributed by atoms with Crippen molar-refractivity contribution in [3.8, 4) is 11.4 Å². The second-order valence-electron chi connectivity index (χ2n) is 3.33. The van der Waals surface area contributed by atoms with E-state index in [0.29, 0.717) is 11.4 Å². The molecular weight excluding hydrogens is 224 g/mol. The summed E-state index contributed by atoms with van der Waals surface area (Å²) in [5, 5.41) is 21.3. The first-order valence-electron chi connectivity index (χ1n) is 4.88. The van der Waals surface area contributed by atoms with Crippen molar-refractivity contribution in [3.05, 3.63) is 30.6 Å². The van der Waals surface area contributed by atoms with E-state index < -0.39 is 12.1 Å². The molecule has 0 amide bonds. The Morgan fingerprint density at radius 2 is 2.35 bits per heavy atom. The molecular formula is C10H9N4O3-. The molecule has 0 aliphatic heterocycles. The van der Waals surface area contributed by atoms with Gasteiger partial charge in [-0.1, -0.05) is 6.07 Å². The zero-order valence-electron chi connectivity index (χ0n) is 8.98. The molecule has 17 heavy (non-hydrogen) atoms. The number of tetrazole rings is 1. The van der Waals surface area contributed by atoms with Crippen molar-refractivity contribution in [2.45, 2.75) is 13.0 Å². The molecule has 2 rings (SSSR count). The second kappa shape index (κ2) is 4.60. The maximum atomic E-state index is 10.5. The van der Waals surface area contributed by atoms with Gasteiger partial charge >= 0.3 is 0 Å². The minimum atomic E-state index is -1.27. The van der Waals surface area contributed by atoms with Gasteiger partial charge in [-0.05, 0) is 29.5 Å². The van der Waals surface area contributed by atoms with Gasteiger partial charge in [0.05, 0.1) is 11.7 Å². The molecule has 0 radical (unpaired) electrons. The van der Waals surface area contributed by atoms with Crippen molar-refractivity contribution in [2.75, 3.05) is 0 Å². The third kappa shape index (κ3) is 2.57. The minimum Gasteiger partial charge on any atom is -0.546 e. The summed E-state index contributed by atoms with van der Waals surface area (Å²) in [7, 11) is 0. The Hall–Kier alpha value is -2.44. The van der Waals surface area contributed by atoms with Gasteiger partial charge < -0.3 is 14.6 Å². The van der Waals surface area contributed by atoms with Crippen LogP contribution in [0.15, 0.2) is 30.6 Å². The molecule has 7 nitrogen and oxygen atoms in total. The van der Waals surface area contributed by atoms with Crippen LogP contribution in [0.1, 0.15) is 6.92 Å². The lowest BCUT2D eigenvalue weighted by Crippen LogP contribution is -2.37. The largest absolute Gasteiger partial charge is 0.546 e. The summed E-state index contributed by atoms with van der Waals surface area (Å²) in [6.07, 6.45) is 0.417. The average Bonchev–Trinajstić information content (AvgIpc) is 2.82. The van der Waals surface area contributed by atoms with Crippen LogP contribution in [0.3, 0.4) is 0 Å². The van der Waals surface area contributed by atoms with E-state index in [0.717, 1.165) is 0 Å². The summed E-state index contributed by atoms with van der Waals surface area (Å²) >= 11 is 0. The highest BCUT2D eigenvalue weighted by atomic mass is 16.5. The minimum absolute atomic E-state index is 0.412. The summed E-state index contributed by atoms with van der Waals surface area (Å²) in [5.74, 6) is -0.854. The Labute approximate surface area is 96.6 Å². The Morgan fingerprint density at radius 3 is 3.00 bits per heavy atom. The summed E-state index contributed by atoms with van der Waals surface area (Å²) in [6, 6.07) is 6.77. The number of carboxylic acids is 1. The maximum absolute atomic E-state index is 10.5. The number of aromatic nitrogens is 4. The van der Waals surface area contributed by atoms with Crippen LogP contribution < -0.4 is 9.84 Å². The fraction of sp³-hybridized carbons (Fsp3) is 0.200. The molecule has 0 saturated heterocycles. The molecule has 88 valence electrons. The van der Waals surface area contributed by atoms with Crippen LogP contribution in [-0.4, -0.2) is 32.3 Å². The van der Waals surface area contributed by atoms with E-state index in [9.17, 15) is 9.90 Å². The Bertz CT molecular complexity index is 512. The van der Waals surface area contributed by atoms with Crippen LogP contribution in [0.25, 0.3) is 5.69 Å². The molecule has 0 N–H and O–H groups in total. The molecule has 0 spiro atoms. The predicted octanol–water partition coefficient (Wildman–Crippen LogP) is -0.821. The van der Waals surface area contributed by atoms with Crippen LogP contribution in [0, 0.1) is 0 Å². The number of nitrogens with zero attached hydrogens (tertiary/aromatic N) is 4. The number of hydrogen-bond donors (Lipinski definition) is 0. The molecule has 7 heteroatoms. The summed E-state index contributed by atoms with van der Waals surface area (Å²) in [4.78, 5) is 10.5. The van der Waals surface area contributed by atoms with Crippen molar-refractivity contribution in [2.24, 2.45) is 0 Å². The number of carbonyl (C=O) groups excluding carboxylic acids is 1. The van der Waals surface area contributed by atoms with Gasteiger partial charge in [0.15, 0.2) is 0 Å². The van der Waals surface area contributed by atoms with Crippen molar-refractivity contribution < 1.29 is 14.6 Å². The molecule has 0 aliphatic rings. The van der Waals surface area contributed by atoms with E-state index in [1.165, 1.54) is 17.9 Å². The van der Waals surface area contributed by atoms with Gasteiger partial charge in [0.1, 0.15) is 18.2 Å². The monoisotopic (exact) mass is 233 g/mol. The summed E-state index contributed by atoms with van der Waals surface area (Å²) in [6.45, 7) is 1.40. The molecule has 0 bridgehead atoms. The zero-order valence-corrected chi connectivity index (χ0v) is 8.98. The third-order valence-electron chi connectivity index (χ3n) is 2.08. The smallest absolute Gasteiger partial charge is 0.143 e. The predicted molar refractivity (Wildman–Crippen MR) is 54.3 cm³/mol. The molecule has 1 aromatic carbocycles. The van der Waals surface area contributed by atoms with E-state index in [4.69, 9.17) is 4.74 Å². The molecule has 0 aliphatic carbocycles. The quantitative estimate of drug-likeness (QED) is 0.685. The number of carbonyl (C=O) groups is 1. The van der Waals surface area contributed by atoms with Gasteiger partial charge in [0.2, 0.25) is 0 Å². The fourth-order valence-corrected chi connectivity index (χ4v) is 1.23. The lowest BCUT2D eigenvalue weighted by Gasteiger charge is -2.15. The molecule has 1 atom stereocenters. The number of aliphatic carboxylic acids is 1. The highest BCUT2D eigenvalue weighted by molar-refractivity contribution is 5.69. The van der Waals surface area contributed by atoms with Gasteiger partial charge in [-0.2, -0.15) is 0 Å². The number of ether oxygens (including phenoxy) is 1.